The number of aryl methyl sites for hydroxylation is 1. The molecule has 2 aliphatic heterocycles. The van der Waals surface area contributed by atoms with E-state index < -0.39 is 0 Å². The second-order valence-corrected chi connectivity index (χ2v) is 7.98. The number of carbonyl (C=O) groups excluding carboxylic acids is 1. The van der Waals surface area contributed by atoms with Crippen molar-refractivity contribution in [3.05, 3.63) is 53.6 Å². The third-order valence-electron chi connectivity index (χ3n) is 5.83. The lowest BCUT2D eigenvalue weighted by Crippen LogP contribution is -2.40. The highest BCUT2D eigenvalue weighted by atomic mass is 19.1. The zero-order valence-corrected chi connectivity index (χ0v) is 17.6. The van der Waals surface area contributed by atoms with Crippen molar-refractivity contribution in [2.24, 2.45) is 5.92 Å². The molecule has 1 fully saturated rings. The lowest BCUT2D eigenvalue weighted by Gasteiger charge is -2.33. The van der Waals surface area contributed by atoms with Crippen LogP contribution < -0.4 is 19.7 Å². The lowest BCUT2D eigenvalue weighted by atomic mass is 9.95. The van der Waals surface area contributed by atoms with Crippen molar-refractivity contribution in [1.29, 1.82) is 0 Å². The molecule has 0 radical (unpaired) electrons. The Morgan fingerprint density at radius 3 is 2.72 bits per heavy atom. The molecule has 1 saturated heterocycles. The van der Waals surface area contributed by atoms with Crippen LogP contribution in [0.25, 0.3) is 11.5 Å². The van der Waals surface area contributed by atoms with E-state index in [4.69, 9.17) is 14.0 Å². The maximum atomic E-state index is 14.8. The second-order valence-electron chi connectivity index (χ2n) is 7.98. The molecule has 166 valence electrons. The fourth-order valence-corrected chi connectivity index (χ4v) is 4.08. The largest absolute Gasteiger partial charge is 0.454 e. The van der Waals surface area contributed by atoms with E-state index in [0.29, 0.717) is 61.2 Å². The average Bonchev–Trinajstić information content (AvgIpc) is 3.46. The van der Waals surface area contributed by atoms with E-state index in [0.717, 1.165) is 11.3 Å². The van der Waals surface area contributed by atoms with Gasteiger partial charge in [-0.1, -0.05) is 11.2 Å². The summed E-state index contributed by atoms with van der Waals surface area (Å²) in [7, 11) is 0. The van der Waals surface area contributed by atoms with Crippen LogP contribution in [0, 0.1) is 18.7 Å². The summed E-state index contributed by atoms with van der Waals surface area (Å²) in [6.45, 7) is 3.59. The number of benzene rings is 2. The van der Waals surface area contributed by atoms with E-state index in [2.05, 4.69) is 15.5 Å². The quantitative estimate of drug-likeness (QED) is 0.653. The van der Waals surface area contributed by atoms with Crippen LogP contribution in [0.3, 0.4) is 0 Å². The van der Waals surface area contributed by atoms with Crippen LogP contribution in [-0.4, -0.2) is 35.9 Å². The van der Waals surface area contributed by atoms with Gasteiger partial charge in [-0.15, -0.1) is 0 Å². The maximum absolute atomic E-state index is 14.8. The van der Waals surface area contributed by atoms with E-state index in [1.165, 1.54) is 6.07 Å². The minimum atomic E-state index is -0.343. The van der Waals surface area contributed by atoms with Crippen LogP contribution in [0.2, 0.25) is 0 Å². The summed E-state index contributed by atoms with van der Waals surface area (Å²) in [6, 6.07) is 10.6. The molecular weight excluding hydrogens is 415 g/mol. The number of hydrogen-bond donors (Lipinski definition) is 1. The van der Waals surface area contributed by atoms with Gasteiger partial charge in [0.25, 0.3) is 5.89 Å². The van der Waals surface area contributed by atoms with Crippen LogP contribution in [-0.2, 0) is 11.3 Å². The van der Waals surface area contributed by atoms with Crippen LogP contribution in [0.4, 0.5) is 10.1 Å². The van der Waals surface area contributed by atoms with Gasteiger partial charge in [-0.3, -0.25) is 4.79 Å². The molecule has 1 aromatic heterocycles. The Balaban J connectivity index is 1.15. The number of piperidine rings is 1. The first-order chi connectivity index (χ1) is 15.6. The van der Waals surface area contributed by atoms with Gasteiger partial charge in [0.05, 0.1) is 5.69 Å². The van der Waals surface area contributed by atoms with Crippen molar-refractivity contribution in [1.82, 2.24) is 15.5 Å². The highest BCUT2D eigenvalue weighted by molar-refractivity contribution is 5.79. The number of nitrogens with zero attached hydrogens (tertiary/aromatic N) is 3. The van der Waals surface area contributed by atoms with Gasteiger partial charge in [-0.2, -0.15) is 4.98 Å². The van der Waals surface area contributed by atoms with E-state index in [9.17, 15) is 9.18 Å². The van der Waals surface area contributed by atoms with Crippen molar-refractivity contribution in [3.63, 3.8) is 0 Å². The number of carbonyl (C=O) groups is 1. The summed E-state index contributed by atoms with van der Waals surface area (Å²) in [4.78, 5) is 18.7. The van der Waals surface area contributed by atoms with Gasteiger partial charge >= 0.3 is 0 Å². The van der Waals surface area contributed by atoms with Gasteiger partial charge in [-0.05, 0) is 55.7 Å². The predicted octanol–water partition coefficient (Wildman–Crippen LogP) is 3.45. The van der Waals surface area contributed by atoms with Crippen LogP contribution in [0.15, 0.2) is 40.9 Å². The molecule has 0 bridgehead atoms. The Kier molecular flexibility index (Phi) is 5.38. The Hall–Kier alpha value is -3.62. The summed E-state index contributed by atoms with van der Waals surface area (Å²) >= 11 is 0. The predicted molar refractivity (Wildman–Crippen MR) is 114 cm³/mol. The molecule has 0 spiro atoms. The lowest BCUT2D eigenvalue weighted by molar-refractivity contribution is -0.125. The minimum Gasteiger partial charge on any atom is -0.454 e. The molecule has 5 rings (SSSR count). The van der Waals surface area contributed by atoms with Gasteiger partial charge in [0.1, 0.15) is 5.82 Å². The molecule has 2 aliphatic rings. The first-order valence-corrected chi connectivity index (χ1v) is 10.6. The van der Waals surface area contributed by atoms with E-state index in [1.54, 1.807) is 19.1 Å². The molecule has 0 saturated carbocycles. The van der Waals surface area contributed by atoms with Crippen LogP contribution in [0.5, 0.6) is 11.5 Å². The van der Waals surface area contributed by atoms with Gasteiger partial charge in [0.15, 0.2) is 17.3 Å². The molecule has 0 unspecified atom stereocenters. The number of ether oxygens (including phenoxy) is 2. The first-order valence-electron chi connectivity index (χ1n) is 10.6. The summed E-state index contributed by atoms with van der Waals surface area (Å²) in [5.41, 5.74) is 2.02. The Morgan fingerprint density at radius 2 is 1.97 bits per heavy atom. The SMILES string of the molecule is Cc1noc(-c2ccc(N3CCC(C(=O)NCc4ccc5c(c4)OCO5)CC3)c(F)c2)n1. The van der Waals surface area contributed by atoms with Crippen molar-refractivity contribution in [2.75, 3.05) is 24.8 Å². The average molecular weight is 438 g/mol. The Bertz CT molecular complexity index is 1140. The van der Waals surface area contributed by atoms with Gasteiger partial charge in [0, 0.05) is 31.1 Å². The Morgan fingerprint density at radius 1 is 1.16 bits per heavy atom. The molecule has 9 heteroatoms. The number of rotatable bonds is 5. The molecule has 0 aliphatic carbocycles. The zero-order valence-electron chi connectivity index (χ0n) is 17.6. The van der Waals surface area contributed by atoms with Crippen molar-refractivity contribution in [2.45, 2.75) is 26.3 Å². The fourth-order valence-electron chi connectivity index (χ4n) is 4.08. The molecule has 2 aromatic carbocycles. The van der Waals surface area contributed by atoms with Crippen LogP contribution >= 0.6 is 0 Å². The third-order valence-corrected chi connectivity index (χ3v) is 5.83. The van der Waals surface area contributed by atoms with Crippen molar-refractivity contribution < 1.29 is 23.2 Å². The monoisotopic (exact) mass is 438 g/mol. The number of halogens is 1. The van der Waals surface area contributed by atoms with Gasteiger partial charge in [0.2, 0.25) is 12.7 Å². The topological polar surface area (TPSA) is 89.7 Å². The summed E-state index contributed by atoms with van der Waals surface area (Å²) in [6.07, 6.45) is 1.33. The molecule has 1 amide bonds. The number of aromatic nitrogens is 2. The molecule has 1 N–H and O–H groups in total. The number of fused-ring (bicyclic) bond motifs is 1. The van der Waals surface area contributed by atoms with Crippen LogP contribution in [0.1, 0.15) is 24.2 Å². The number of hydrogen-bond acceptors (Lipinski definition) is 7. The molecular formula is C23H23FN4O4. The normalized spacial score (nSPS) is 15.8. The third kappa shape index (κ3) is 4.10. The van der Waals surface area contributed by atoms with Crippen molar-refractivity contribution in [3.8, 4) is 23.0 Å². The standard InChI is InChI=1S/C23H23FN4O4/c1-14-26-23(32-27-14)17-3-4-19(18(24)11-17)28-8-6-16(7-9-28)22(29)25-12-15-2-5-20-21(10-15)31-13-30-20/h2-5,10-11,16H,6-9,12-13H2,1H3,(H,25,29). The maximum Gasteiger partial charge on any atom is 0.258 e. The highest BCUT2D eigenvalue weighted by Gasteiger charge is 2.26. The zero-order chi connectivity index (χ0) is 22.1. The Labute approximate surface area is 184 Å². The number of amides is 1. The number of anilines is 1. The van der Waals surface area contributed by atoms with Gasteiger partial charge < -0.3 is 24.2 Å². The summed E-state index contributed by atoms with van der Waals surface area (Å²) in [5.74, 6) is 1.80. The second kappa shape index (κ2) is 8.49. The van der Waals surface area contributed by atoms with Crippen molar-refractivity contribution >= 4 is 11.6 Å². The smallest absolute Gasteiger partial charge is 0.258 e. The molecule has 8 nitrogen and oxygen atoms in total. The number of nitrogens with one attached hydrogen (secondary N) is 1. The van der Waals surface area contributed by atoms with Gasteiger partial charge in [-0.25, -0.2) is 4.39 Å². The molecule has 3 heterocycles. The highest BCUT2D eigenvalue weighted by Crippen LogP contribution is 2.33. The van der Waals surface area contributed by atoms with E-state index in [1.807, 2.05) is 23.1 Å². The molecule has 32 heavy (non-hydrogen) atoms. The summed E-state index contributed by atoms with van der Waals surface area (Å²) < 4.78 is 30.5. The minimum absolute atomic E-state index is 0.0184. The fraction of sp³-hybridized carbons (Fsp3) is 0.348. The van der Waals surface area contributed by atoms with E-state index >= 15 is 0 Å². The summed E-state index contributed by atoms with van der Waals surface area (Å²) in [5, 5.41) is 6.74. The first kappa shape index (κ1) is 20.3. The molecule has 0 atom stereocenters. The molecule has 3 aromatic rings. The van der Waals surface area contributed by atoms with E-state index in [-0.39, 0.29) is 24.4 Å².